The van der Waals surface area contributed by atoms with Gasteiger partial charge in [-0.1, -0.05) is 18.2 Å². The first-order valence-corrected chi connectivity index (χ1v) is 12.0. The molecule has 2 atom stereocenters. The normalized spacial score (nSPS) is 19.7. The van der Waals surface area contributed by atoms with Crippen LogP contribution in [0.25, 0.3) is 0 Å². The fourth-order valence-electron chi connectivity index (χ4n) is 4.93. The number of nitrogens with zero attached hydrogens (tertiary/aromatic N) is 3. The molecule has 3 aromatic rings. The number of fused-ring (bicyclic) bond motifs is 1. The topological polar surface area (TPSA) is 96.7 Å². The fraction of sp³-hybridized carbons (Fsp3) is 0.346. The van der Waals surface area contributed by atoms with Gasteiger partial charge in [0.25, 0.3) is 11.8 Å². The Labute approximate surface area is 214 Å². The lowest BCUT2D eigenvalue weighted by molar-refractivity contribution is -0.137. The smallest absolute Gasteiger partial charge is 0.390 e. The van der Waals surface area contributed by atoms with Crippen molar-refractivity contribution in [3.63, 3.8) is 0 Å². The lowest BCUT2D eigenvalue weighted by atomic mass is 9.81. The van der Waals surface area contributed by atoms with Gasteiger partial charge in [-0.3, -0.25) is 14.5 Å². The molecule has 38 heavy (non-hydrogen) atoms. The van der Waals surface area contributed by atoms with Gasteiger partial charge in [0.05, 0.1) is 31.1 Å². The molecule has 12 heteroatoms. The predicted octanol–water partition coefficient (Wildman–Crippen LogP) is 3.40. The molecule has 1 fully saturated rings. The van der Waals surface area contributed by atoms with Gasteiger partial charge in [0.15, 0.2) is 0 Å². The first-order valence-electron chi connectivity index (χ1n) is 12.0. The van der Waals surface area contributed by atoms with Gasteiger partial charge in [0, 0.05) is 23.6 Å². The second-order valence-electron chi connectivity index (χ2n) is 9.12. The number of hydrogen-bond acceptors (Lipinski definition) is 5. The zero-order chi connectivity index (χ0) is 27.2. The Morgan fingerprint density at radius 2 is 1.89 bits per heavy atom. The maximum atomic E-state index is 13.9. The van der Waals surface area contributed by atoms with Crippen LogP contribution in [0.5, 0.6) is 0 Å². The van der Waals surface area contributed by atoms with Crippen LogP contribution in [0.2, 0.25) is 0 Å². The van der Waals surface area contributed by atoms with Crippen LogP contribution in [0.1, 0.15) is 51.6 Å². The minimum atomic E-state index is -4.66. The second kappa shape index (κ2) is 9.84. The third kappa shape index (κ3) is 4.43. The number of carbonyl (C=O) groups excluding carboxylic acids is 2. The van der Waals surface area contributed by atoms with Gasteiger partial charge in [-0.05, 0) is 42.8 Å². The summed E-state index contributed by atoms with van der Waals surface area (Å²) in [5, 5.41) is 17.4. The summed E-state index contributed by atoms with van der Waals surface area (Å²) in [7, 11) is 0. The van der Waals surface area contributed by atoms with E-state index < -0.39 is 47.9 Å². The fourth-order valence-corrected chi connectivity index (χ4v) is 4.93. The van der Waals surface area contributed by atoms with E-state index in [1.165, 1.54) is 35.2 Å². The number of aliphatic hydroxyl groups is 1. The molecule has 2 aliphatic heterocycles. The molecule has 1 saturated heterocycles. The third-order valence-corrected chi connectivity index (χ3v) is 6.83. The molecular formula is C26H24F4N4O4. The van der Waals surface area contributed by atoms with Gasteiger partial charge in [-0.15, -0.1) is 0 Å². The van der Waals surface area contributed by atoms with Gasteiger partial charge >= 0.3 is 6.18 Å². The molecule has 8 nitrogen and oxygen atoms in total. The van der Waals surface area contributed by atoms with Gasteiger partial charge < -0.3 is 15.2 Å². The predicted molar refractivity (Wildman–Crippen MR) is 127 cm³/mol. The van der Waals surface area contributed by atoms with E-state index in [-0.39, 0.29) is 23.8 Å². The Kier molecular flexibility index (Phi) is 6.70. The van der Waals surface area contributed by atoms with E-state index in [9.17, 15) is 32.3 Å². The molecule has 0 aliphatic carbocycles. The van der Waals surface area contributed by atoms with Crippen molar-refractivity contribution in [3.05, 3.63) is 82.3 Å². The van der Waals surface area contributed by atoms with Crippen molar-refractivity contribution < 1.29 is 37.0 Å². The average Bonchev–Trinajstić information content (AvgIpc) is 3.22. The Bertz CT molecular complexity index is 1370. The lowest BCUT2D eigenvalue weighted by Gasteiger charge is -2.40. The van der Waals surface area contributed by atoms with Gasteiger partial charge in [-0.2, -0.15) is 18.3 Å². The molecule has 0 spiro atoms. The number of aliphatic hydroxyl groups excluding tert-OH is 1. The van der Waals surface area contributed by atoms with Crippen LogP contribution >= 0.6 is 0 Å². The van der Waals surface area contributed by atoms with Crippen molar-refractivity contribution in [2.75, 3.05) is 24.7 Å². The summed E-state index contributed by atoms with van der Waals surface area (Å²) in [6.07, 6.45) is -4.66. The summed E-state index contributed by atoms with van der Waals surface area (Å²) in [6.45, 7) is 2.19. The molecular weight excluding hydrogens is 508 g/mol. The SMILES string of the molecule is CCN1C(=O)[C@@H](NC(=O)c2cccc(C(F)(F)F)c2)[C@@H](c2ccc(F)cc2)c2c(CO)nn(C3COC3)c21. The number of halogens is 4. The second-order valence-corrected chi connectivity index (χ2v) is 9.12. The molecule has 0 bridgehead atoms. The molecule has 200 valence electrons. The van der Waals surface area contributed by atoms with Crippen molar-refractivity contribution in [3.8, 4) is 0 Å². The molecule has 0 radical (unpaired) electrons. The first kappa shape index (κ1) is 25.9. The summed E-state index contributed by atoms with van der Waals surface area (Å²) in [4.78, 5) is 28.5. The van der Waals surface area contributed by atoms with Crippen molar-refractivity contribution >= 4 is 17.6 Å². The number of alkyl halides is 3. The van der Waals surface area contributed by atoms with Gasteiger partial charge in [0.2, 0.25) is 0 Å². The molecule has 3 heterocycles. The van der Waals surface area contributed by atoms with Crippen LogP contribution in [0, 0.1) is 5.82 Å². The maximum Gasteiger partial charge on any atom is 0.416 e. The highest BCUT2D eigenvalue weighted by Crippen LogP contribution is 2.44. The van der Waals surface area contributed by atoms with E-state index in [0.29, 0.717) is 36.2 Å². The Morgan fingerprint density at radius 1 is 1.18 bits per heavy atom. The number of ether oxygens (including phenoxy) is 1. The first-order chi connectivity index (χ1) is 18.1. The number of amides is 2. The largest absolute Gasteiger partial charge is 0.416 e. The van der Waals surface area contributed by atoms with E-state index in [1.54, 1.807) is 11.6 Å². The summed E-state index contributed by atoms with van der Waals surface area (Å²) < 4.78 is 60.5. The van der Waals surface area contributed by atoms with Crippen LogP contribution in [-0.2, 0) is 22.3 Å². The van der Waals surface area contributed by atoms with Crippen molar-refractivity contribution in [1.29, 1.82) is 0 Å². The molecule has 1 aromatic heterocycles. The third-order valence-electron chi connectivity index (χ3n) is 6.83. The zero-order valence-corrected chi connectivity index (χ0v) is 20.2. The Hall–Kier alpha value is -3.77. The van der Waals surface area contributed by atoms with Crippen LogP contribution in [0.15, 0.2) is 48.5 Å². The quantitative estimate of drug-likeness (QED) is 0.475. The van der Waals surface area contributed by atoms with Crippen LogP contribution in [0.3, 0.4) is 0 Å². The van der Waals surface area contributed by atoms with E-state index in [1.807, 2.05) is 0 Å². The van der Waals surface area contributed by atoms with Crippen LogP contribution in [-0.4, -0.2) is 52.5 Å². The summed E-state index contributed by atoms with van der Waals surface area (Å²) in [6, 6.07) is 7.81. The zero-order valence-electron chi connectivity index (χ0n) is 20.2. The van der Waals surface area contributed by atoms with E-state index in [0.717, 1.165) is 12.1 Å². The lowest BCUT2D eigenvalue weighted by Crippen LogP contribution is -2.56. The van der Waals surface area contributed by atoms with Crippen LogP contribution < -0.4 is 10.2 Å². The molecule has 2 N–H and O–H groups in total. The molecule has 0 unspecified atom stereocenters. The van der Waals surface area contributed by atoms with Crippen LogP contribution in [0.4, 0.5) is 23.4 Å². The van der Waals surface area contributed by atoms with E-state index in [4.69, 9.17) is 4.74 Å². The van der Waals surface area contributed by atoms with Crippen molar-refractivity contribution in [1.82, 2.24) is 15.1 Å². The van der Waals surface area contributed by atoms with Crippen molar-refractivity contribution in [2.45, 2.75) is 37.7 Å². The number of hydrogen-bond donors (Lipinski definition) is 2. The highest BCUT2D eigenvalue weighted by atomic mass is 19.4. The average molecular weight is 532 g/mol. The molecule has 2 aliphatic rings. The van der Waals surface area contributed by atoms with E-state index in [2.05, 4.69) is 10.4 Å². The molecule has 2 aromatic carbocycles. The highest BCUT2D eigenvalue weighted by molar-refractivity contribution is 6.05. The van der Waals surface area contributed by atoms with Gasteiger partial charge in [-0.25, -0.2) is 9.07 Å². The molecule has 0 saturated carbocycles. The summed E-state index contributed by atoms with van der Waals surface area (Å²) >= 11 is 0. The van der Waals surface area contributed by atoms with Gasteiger partial charge in [0.1, 0.15) is 23.7 Å². The monoisotopic (exact) mass is 532 g/mol. The highest BCUT2D eigenvalue weighted by Gasteiger charge is 2.47. The standard InChI is InChI=1S/C26H24F4N4O4/c1-2-33-24-21(19(11-35)32-34(24)18-12-38-13-18)20(14-6-8-17(27)9-7-14)22(25(33)37)31-23(36)15-4-3-5-16(10-15)26(28,29)30/h3-10,18,20,22,35H,2,11-13H2,1H3,(H,31,36)/t20-,22-/m0/s1. The minimum Gasteiger partial charge on any atom is -0.390 e. The van der Waals surface area contributed by atoms with Crippen molar-refractivity contribution in [2.24, 2.45) is 0 Å². The number of likely N-dealkylation sites (N-methyl/N-ethyl adjacent to an activating group) is 1. The Morgan fingerprint density at radius 3 is 2.47 bits per heavy atom. The number of carbonyl (C=O) groups is 2. The minimum absolute atomic E-state index is 0.170. The number of aromatic nitrogens is 2. The summed E-state index contributed by atoms with van der Waals surface area (Å²) in [5.41, 5.74) is -0.0687. The number of anilines is 1. The number of rotatable bonds is 6. The molecule has 2 amide bonds. The number of nitrogens with one attached hydrogen (secondary N) is 1. The van der Waals surface area contributed by atoms with E-state index >= 15 is 0 Å². The Balaban J connectivity index is 1.63. The number of benzene rings is 2. The molecule has 5 rings (SSSR count). The maximum absolute atomic E-state index is 13.9. The summed E-state index contributed by atoms with van der Waals surface area (Å²) in [5.74, 6) is -2.37.